The second kappa shape index (κ2) is 6.33. The Kier molecular flexibility index (Phi) is 4.50. The Morgan fingerprint density at radius 1 is 1.55 bits per heavy atom. The summed E-state index contributed by atoms with van der Waals surface area (Å²) >= 11 is 0. The molecule has 2 unspecified atom stereocenters. The number of amides is 1. The zero-order valence-corrected chi connectivity index (χ0v) is 12.1. The van der Waals surface area contributed by atoms with Gasteiger partial charge in [0.2, 0.25) is 5.91 Å². The lowest BCUT2D eigenvalue weighted by atomic mass is 9.91. The molecule has 8 nitrogen and oxygen atoms in total. The number of nitrogens with two attached hydrogens (primary N) is 2. The molecule has 1 heterocycles. The first-order valence-corrected chi connectivity index (χ1v) is 6.76. The second-order valence-electron chi connectivity index (χ2n) is 5.08. The Hall–Kier alpha value is -2.77. The van der Waals surface area contributed by atoms with Gasteiger partial charge in [0, 0.05) is 11.8 Å². The first-order chi connectivity index (χ1) is 10.3. The lowest BCUT2D eigenvalue weighted by molar-refractivity contribution is -0.140. The number of anilines is 1. The van der Waals surface area contributed by atoms with E-state index in [4.69, 9.17) is 21.3 Å². The van der Waals surface area contributed by atoms with Crippen molar-refractivity contribution in [2.75, 3.05) is 5.32 Å². The SMILES string of the molecule is CC(N=C(N)N)Oc1ccc2c(c1)NC(=O)C(CC(=O)O)C2. The Labute approximate surface area is 127 Å². The van der Waals surface area contributed by atoms with Crippen LogP contribution in [0.2, 0.25) is 0 Å². The normalized spacial score (nSPS) is 17.9. The van der Waals surface area contributed by atoms with Gasteiger partial charge in [-0.1, -0.05) is 6.07 Å². The minimum atomic E-state index is -0.991. The van der Waals surface area contributed by atoms with Crippen molar-refractivity contribution in [3.05, 3.63) is 23.8 Å². The van der Waals surface area contributed by atoms with Gasteiger partial charge < -0.3 is 26.6 Å². The van der Waals surface area contributed by atoms with E-state index < -0.39 is 18.1 Å². The standard InChI is InChI=1S/C14H18N4O4/c1-7(17-14(15)16)22-10-3-2-8-4-9(5-12(19)20)13(21)18-11(8)6-10/h2-3,6-7,9H,4-5H2,1H3,(H,18,21)(H,19,20)(H4,15,16,17). The third kappa shape index (κ3) is 3.87. The fraction of sp³-hybridized carbons (Fsp3) is 0.357. The van der Waals surface area contributed by atoms with Crippen LogP contribution < -0.4 is 21.5 Å². The highest BCUT2D eigenvalue weighted by atomic mass is 16.5. The number of hydrogen-bond donors (Lipinski definition) is 4. The minimum Gasteiger partial charge on any atom is -0.481 e. The zero-order chi connectivity index (χ0) is 16.3. The van der Waals surface area contributed by atoms with Gasteiger partial charge in [0.1, 0.15) is 5.75 Å². The second-order valence-corrected chi connectivity index (χ2v) is 5.08. The molecule has 8 heteroatoms. The van der Waals surface area contributed by atoms with E-state index in [-0.39, 0.29) is 18.3 Å². The smallest absolute Gasteiger partial charge is 0.304 e. The zero-order valence-electron chi connectivity index (χ0n) is 12.1. The van der Waals surface area contributed by atoms with E-state index in [1.165, 1.54) is 0 Å². The average Bonchev–Trinajstić information content (AvgIpc) is 2.38. The van der Waals surface area contributed by atoms with Crippen molar-refractivity contribution in [2.45, 2.75) is 26.0 Å². The maximum atomic E-state index is 11.9. The van der Waals surface area contributed by atoms with Crippen molar-refractivity contribution in [1.29, 1.82) is 0 Å². The average molecular weight is 306 g/mol. The number of guanidine groups is 1. The molecule has 0 radical (unpaired) electrons. The van der Waals surface area contributed by atoms with Crippen LogP contribution >= 0.6 is 0 Å². The van der Waals surface area contributed by atoms with Crippen molar-refractivity contribution in [1.82, 2.24) is 0 Å². The lowest BCUT2D eigenvalue weighted by Crippen LogP contribution is -2.31. The van der Waals surface area contributed by atoms with E-state index >= 15 is 0 Å². The Morgan fingerprint density at radius 2 is 2.27 bits per heavy atom. The third-order valence-corrected chi connectivity index (χ3v) is 3.23. The summed E-state index contributed by atoms with van der Waals surface area (Å²) in [6, 6.07) is 5.19. The van der Waals surface area contributed by atoms with Gasteiger partial charge in [-0.3, -0.25) is 9.59 Å². The number of carbonyl (C=O) groups excluding carboxylic acids is 1. The van der Waals surface area contributed by atoms with Crippen LogP contribution in [0.5, 0.6) is 5.75 Å². The quantitative estimate of drug-likeness (QED) is 0.454. The predicted octanol–water partition coefficient (Wildman–Crippen LogP) is 0.270. The number of fused-ring (bicyclic) bond motifs is 1. The molecule has 22 heavy (non-hydrogen) atoms. The molecular weight excluding hydrogens is 288 g/mol. The number of aliphatic imine (C=N–C) groups is 1. The molecule has 0 spiro atoms. The van der Waals surface area contributed by atoms with E-state index in [1.54, 1.807) is 25.1 Å². The molecule has 0 saturated heterocycles. The minimum absolute atomic E-state index is 0.0738. The van der Waals surface area contributed by atoms with Crippen molar-refractivity contribution < 1.29 is 19.4 Å². The maximum absolute atomic E-state index is 11.9. The van der Waals surface area contributed by atoms with Gasteiger partial charge in [0.25, 0.3) is 0 Å². The number of nitrogens with one attached hydrogen (secondary N) is 1. The largest absolute Gasteiger partial charge is 0.481 e. The molecule has 0 saturated carbocycles. The number of rotatable bonds is 5. The molecule has 2 rings (SSSR count). The van der Waals surface area contributed by atoms with Gasteiger partial charge in [-0.2, -0.15) is 0 Å². The molecule has 0 aromatic heterocycles. The number of ether oxygens (including phenoxy) is 1. The summed E-state index contributed by atoms with van der Waals surface area (Å²) in [5, 5.41) is 11.5. The Morgan fingerprint density at radius 3 is 2.91 bits per heavy atom. The fourth-order valence-electron chi connectivity index (χ4n) is 2.33. The maximum Gasteiger partial charge on any atom is 0.304 e. The highest BCUT2D eigenvalue weighted by Crippen LogP contribution is 2.31. The third-order valence-electron chi connectivity index (χ3n) is 3.23. The van der Waals surface area contributed by atoms with E-state index in [0.717, 1.165) is 5.56 Å². The van der Waals surface area contributed by atoms with E-state index in [1.807, 2.05) is 0 Å². The molecule has 1 aliphatic heterocycles. The van der Waals surface area contributed by atoms with Gasteiger partial charge >= 0.3 is 5.97 Å². The van der Waals surface area contributed by atoms with Crippen LogP contribution in [-0.2, 0) is 16.0 Å². The van der Waals surface area contributed by atoms with Gasteiger partial charge in [0.15, 0.2) is 12.2 Å². The van der Waals surface area contributed by atoms with Gasteiger partial charge in [-0.15, -0.1) is 0 Å². The molecule has 1 aliphatic rings. The first-order valence-electron chi connectivity index (χ1n) is 6.76. The summed E-state index contributed by atoms with van der Waals surface area (Å²) < 4.78 is 5.52. The van der Waals surface area contributed by atoms with Crippen LogP contribution in [0, 0.1) is 5.92 Å². The molecule has 0 bridgehead atoms. The van der Waals surface area contributed by atoms with Crippen LogP contribution in [0.25, 0.3) is 0 Å². The number of carbonyl (C=O) groups is 2. The molecule has 0 fully saturated rings. The first kappa shape index (κ1) is 15.6. The van der Waals surface area contributed by atoms with Crippen molar-refractivity contribution >= 4 is 23.5 Å². The molecule has 6 N–H and O–H groups in total. The monoisotopic (exact) mass is 306 g/mol. The van der Waals surface area contributed by atoms with Gasteiger partial charge in [0.05, 0.1) is 12.3 Å². The van der Waals surface area contributed by atoms with E-state index in [9.17, 15) is 9.59 Å². The van der Waals surface area contributed by atoms with Crippen molar-refractivity contribution in [3.8, 4) is 5.75 Å². The summed E-state index contributed by atoms with van der Waals surface area (Å²) in [4.78, 5) is 26.5. The number of nitrogens with zero attached hydrogens (tertiary/aromatic N) is 1. The Balaban J connectivity index is 2.13. The molecule has 1 aromatic rings. The summed E-state index contributed by atoms with van der Waals surface area (Å²) in [5.74, 6) is -1.42. The van der Waals surface area contributed by atoms with Crippen molar-refractivity contribution in [3.63, 3.8) is 0 Å². The van der Waals surface area contributed by atoms with Crippen LogP contribution in [0.15, 0.2) is 23.2 Å². The molecule has 118 valence electrons. The summed E-state index contributed by atoms with van der Waals surface area (Å²) in [5.41, 5.74) is 12.0. The topological polar surface area (TPSA) is 140 Å². The summed E-state index contributed by atoms with van der Waals surface area (Å²) in [6.07, 6.45) is -0.357. The van der Waals surface area contributed by atoms with E-state index in [0.29, 0.717) is 17.9 Å². The molecule has 0 aliphatic carbocycles. The van der Waals surface area contributed by atoms with Crippen LogP contribution in [-0.4, -0.2) is 29.2 Å². The number of carboxylic acid groups (broad SMARTS) is 1. The van der Waals surface area contributed by atoms with Crippen molar-refractivity contribution in [2.24, 2.45) is 22.4 Å². The van der Waals surface area contributed by atoms with Crippen LogP contribution in [0.4, 0.5) is 5.69 Å². The van der Waals surface area contributed by atoms with Gasteiger partial charge in [-0.25, -0.2) is 4.99 Å². The number of hydrogen-bond acceptors (Lipinski definition) is 4. The number of aliphatic carboxylic acids is 1. The summed E-state index contributed by atoms with van der Waals surface area (Å²) in [7, 11) is 0. The molecule has 1 aromatic carbocycles. The molecule has 2 atom stereocenters. The highest BCUT2D eigenvalue weighted by Gasteiger charge is 2.28. The Bertz CT molecular complexity index is 625. The summed E-state index contributed by atoms with van der Waals surface area (Å²) in [6.45, 7) is 1.68. The number of carboxylic acids is 1. The van der Waals surface area contributed by atoms with Crippen LogP contribution in [0.3, 0.4) is 0 Å². The predicted molar refractivity (Wildman–Crippen MR) is 80.4 cm³/mol. The highest BCUT2D eigenvalue weighted by molar-refractivity contribution is 5.97. The van der Waals surface area contributed by atoms with Crippen LogP contribution in [0.1, 0.15) is 18.9 Å². The number of benzene rings is 1. The molecule has 1 amide bonds. The molecular formula is C14H18N4O4. The fourth-order valence-corrected chi connectivity index (χ4v) is 2.33. The lowest BCUT2D eigenvalue weighted by Gasteiger charge is -2.24. The van der Waals surface area contributed by atoms with E-state index in [2.05, 4.69) is 10.3 Å². The van der Waals surface area contributed by atoms with Gasteiger partial charge in [-0.05, 0) is 25.0 Å².